The van der Waals surface area contributed by atoms with Gasteiger partial charge in [0.1, 0.15) is 4.90 Å². The smallest absolute Gasteiger partial charge is 0.246 e. The van der Waals surface area contributed by atoms with Crippen LogP contribution >= 0.6 is 23.2 Å². The number of nitrogens with zero attached hydrogens (tertiary/aromatic N) is 2. The summed E-state index contributed by atoms with van der Waals surface area (Å²) in [6.07, 6.45) is 0.0945. The van der Waals surface area contributed by atoms with Crippen molar-refractivity contribution in [3.05, 3.63) is 22.2 Å². The summed E-state index contributed by atoms with van der Waals surface area (Å²) in [5.74, 6) is 0. The van der Waals surface area contributed by atoms with E-state index in [2.05, 4.69) is 0 Å². The average Bonchev–Trinajstić information content (AvgIpc) is 2.27. The molecule has 19 heavy (non-hydrogen) atoms. The molecule has 5 nitrogen and oxygen atoms in total. The van der Waals surface area contributed by atoms with Crippen LogP contribution in [0.2, 0.25) is 10.0 Å². The van der Waals surface area contributed by atoms with Gasteiger partial charge in [0.2, 0.25) is 10.0 Å². The lowest BCUT2D eigenvalue weighted by Gasteiger charge is -2.20. The van der Waals surface area contributed by atoms with Crippen molar-refractivity contribution in [3.8, 4) is 6.07 Å². The fraction of sp³-hybridized carbons (Fsp3) is 0.364. The standard InChI is InChI=1S/C11H13Cl2N3O2S/c1-2-16(5-3-4-14)19(17,18)11-9(12)6-8(15)7-10(11)13/h6-7H,2-3,5,15H2,1H3. The van der Waals surface area contributed by atoms with E-state index >= 15 is 0 Å². The predicted molar refractivity (Wildman–Crippen MR) is 75.5 cm³/mol. The summed E-state index contributed by atoms with van der Waals surface area (Å²) in [4.78, 5) is -0.176. The van der Waals surface area contributed by atoms with Crippen LogP contribution in [-0.2, 0) is 10.0 Å². The van der Waals surface area contributed by atoms with Crippen molar-refractivity contribution in [2.24, 2.45) is 0 Å². The van der Waals surface area contributed by atoms with Gasteiger partial charge in [-0.05, 0) is 12.1 Å². The number of nitriles is 1. The third-order valence-electron chi connectivity index (χ3n) is 2.44. The number of hydrogen-bond acceptors (Lipinski definition) is 4. The molecule has 1 rings (SSSR count). The number of benzene rings is 1. The Morgan fingerprint density at radius 1 is 1.37 bits per heavy atom. The Kier molecular flexibility index (Phi) is 5.44. The molecule has 0 atom stereocenters. The van der Waals surface area contributed by atoms with Crippen molar-refractivity contribution in [1.82, 2.24) is 4.31 Å². The summed E-state index contributed by atoms with van der Waals surface area (Å²) in [6, 6.07) is 4.57. The van der Waals surface area contributed by atoms with Gasteiger partial charge in [-0.1, -0.05) is 30.1 Å². The van der Waals surface area contributed by atoms with Gasteiger partial charge in [-0.15, -0.1) is 0 Å². The summed E-state index contributed by atoms with van der Waals surface area (Å²) < 4.78 is 26.0. The number of rotatable bonds is 5. The molecule has 0 amide bonds. The highest BCUT2D eigenvalue weighted by molar-refractivity contribution is 7.89. The Morgan fingerprint density at radius 2 is 1.89 bits per heavy atom. The van der Waals surface area contributed by atoms with Gasteiger partial charge in [0, 0.05) is 25.2 Å². The molecule has 0 heterocycles. The van der Waals surface area contributed by atoms with E-state index in [1.807, 2.05) is 6.07 Å². The fourth-order valence-electron chi connectivity index (χ4n) is 1.58. The molecule has 0 fully saturated rings. The predicted octanol–water partition coefficient (Wildman–Crippen LogP) is 2.50. The lowest BCUT2D eigenvalue weighted by molar-refractivity contribution is 0.435. The number of anilines is 1. The molecule has 104 valence electrons. The second kappa shape index (κ2) is 6.44. The molecular formula is C11H13Cl2N3O2S. The fourth-order valence-corrected chi connectivity index (χ4v) is 4.21. The summed E-state index contributed by atoms with van der Waals surface area (Å²) in [7, 11) is -3.84. The second-order valence-corrected chi connectivity index (χ2v) is 6.41. The highest BCUT2D eigenvalue weighted by atomic mass is 35.5. The average molecular weight is 322 g/mol. The largest absolute Gasteiger partial charge is 0.399 e. The first-order chi connectivity index (χ1) is 8.84. The summed E-state index contributed by atoms with van der Waals surface area (Å²) >= 11 is 11.8. The van der Waals surface area contributed by atoms with E-state index in [-0.39, 0.29) is 40.1 Å². The van der Waals surface area contributed by atoms with Crippen LogP contribution in [-0.4, -0.2) is 25.8 Å². The SMILES string of the molecule is CCN(CCC#N)S(=O)(=O)c1c(Cl)cc(N)cc1Cl. The van der Waals surface area contributed by atoms with Crippen molar-refractivity contribution in [3.63, 3.8) is 0 Å². The molecule has 1 aromatic rings. The number of nitrogen functional groups attached to an aromatic ring is 1. The molecule has 1 aromatic carbocycles. The van der Waals surface area contributed by atoms with Crippen LogP contribution in [0.3, 0.4) is 0 Å². The van der Waals surface area contributed by atoms with Crippen molar-refractivity contribution in [1.29, 1.82) is 5.26 Å². The zero-order valence-electron chi connectivity index (χ0n) is 10.2. The molecule has 0 aliphatic rings. The number of halogens is 2. The minimum atomic E-state index is -3.84. The molecule has 0 spiro atoms. The highest BCUT2D eigenvalue weighted by Crippen LogP contribution is 2.33. The summed E-state index contributed by atoms with van der Waals surface area (Å²) in [6.45, 7) is 1.99. The maximum Gasteiger partial charge on any atom is 0.246 e. The van der Waals surface area contributed by atoms with Gasteiger partial charge in [-0.25, -0.2) is 8.42 Å². The van der Waals surface area contributed by atoms with Gasteiger partial charge in [-0.3, -0.25) is 0 Å². The molecule has 0 aromatic heterocycles. The van der Waals surface area contributed by atoms with Crippen LogP contribution in [0.5, 0.6) is 0 Å². The maximum absolute atomic E-state index is 12.4. The van der Waals surface area contributed by atoms with Crippen molar-refractivity contribution in [2.45, 2.75) is 18.2 Å². The minimum Gasteiger partial charge on any atom is -0.399 e. The van der Waals surface area contributed by atoms with Crippen molar-refractivity contribution < 1.29 is 8.42 Å². The molecule has 0 aliphatic heterocycles. The number of sulfonamides is 1. The van der Waals surface area contributed by atoms with Crippen LogP contribution < -0.4 is 5.73 Å². The molecule has 0 unspecified atom stereocenters. The first-order valence-corrected chi connectivity index (χ1v) is 7.65. The molecule has 0 bridgehead atoms. The van der Waals surface area contributed by atoms with Crippen molar-refractivity contribution in [2.75, 3.05) is 18.8 Å². The number of nitrogens with two attached hydrogens (primary N) is 1. The van der Waals surface area contributed by atoms with Crippen molar-refractivity contribution >= 4 is 38.9 Å². The van der Waals surface area contributed by atoms with Crippen LogP contribution in [0, 0.1) is 11.3 Å². The van der Waals surface area contributed by atoms with Crippen LogP contribution in [0.25, 0.3) is 0 Å². The Labute approximate surface area is 122 Å². The summed E-state index contributed by atoms with van der Waals surface area (Å²) in [5, 5.41) is 8.50. The molecule has 2 N–H and O–H groups in total. The lowest BCUT2D eigenvalue weighted by Crippen LogP contribution is -2.32. The van der Waals surface area contributed by atoms with Gasteiger partial charge in [0.05, 0.1) is 16.1 Å². The van der Waals surface area contributed by atoms with Gasteiger partial charge < -0.3 is 5.73 Å². The van der Waals surface area contributed by atoms with E-state index in [1.54, 1.807) is 6.92 Å². The number of hydrogen-bond donors (Lipinski definition) is 1. The Morgan fingerprint density at radius 3 is 2.32 bits per heavy atom. The first-order valence-electron chi connectivity index (χ1n) is 5.46. The zero-order valence-corrected chi connectivity index (χ0v) is 12.6. The maximum atomic E-state index is 12.4. The molecule has 0 radical (unpaired) electrons. The topological polar surface area (TPSA) is 87.2 Å². The molecule has 8 heteroatoms. The van der Waals surface area contributed by atoms with Crippen LogP contribution in [0.1, 0.15) is 13.3 Å². The Balaban J connectivity index is 3.31. The van der Waals surface area contributed by atoms with E-state index in [0.717, 1.165) is 4.31 Å². The second-order valence-electron chi connectivity index (χ2n) is 3.72. The Hall–Kier alpha value is -1.00. The lowest BCUT2D eigenvalue weighted by atomic mass is 10.3. The quantitative estimate of drug-likeness (QED) is 0.844. The van der Waals surface area contributed by atoms with Crippen LogP contribution in [0.15, 0.2) is 17.0 Å². The van der Waals surface area contributed by atoms with Gasteiger partial charge >= 0.3 is 0 Å². The van der Waals surface area contributed by atoms with Gasteiger partial charge in [0.25, 0.3) is 0 Å². The minimum absolute atomic E-state index is 0.0274. The van der Waals surface area contributed by atoms with E-state index in [4.69, 9.17) is 34.2 Å². The molecular weight excluding hydrogens is 309 g/mol. The molecule has 0 aliphatic carbocycles. The van der Waals surface area contributed by atoms with Gasteiger partial charge in [0.15, 0.2) is 0 Å². The monoisotopic (exact) mass is 321 g/mol. The van der Waals surface area contributed by atoms with E-state index in [0.29, 0.717) is 0 Å². The van der Waals surface area contributed by atoms with E-state index in [9.17, 15) is 8.42 Å². The van der Waals surface area contributed by atoms with Crippen LogP contribution in [0.4, 0.5) is 5.69 Å². The highest BCUT2D eigenvalue weighted by Gasteiger charge is 2.28. The third-order valence-corrected chi connectivity index (χ3v) is 5.34. The first kappa shape index (κ1) is 16.1. The van der Waals surface area contributed by atoms with E-state index in [1.165, 1.54) is 12.1 Å². The molecule has 0 saturated heterocycles. The summed E-state index contributed by atoms with van der Waals surface area (Å²) in [5.41, 5.74) is 5.83. The Bertz CT molecular complexity index is 588. The molecule has 0 saturated carbocycles. The van der Waals surface area contributed by atoms with E-state index < -0.39 is 10.0 Å². The zero-order chi connectivity index (χ0) is 14.6. The third kappa shape index (κ3) is 3.51. The normalized spacial score (nSPS) is 11.5. The van der Waals surface area contributed by atoms with Gasteiger partial charge in [-0.2, -0.15) is 9.57 Å².